The molecule has 0 aliphatic carbocycles. The van der Waals surface area contributed by atoms with Crippen LogP contribution in [0, 0.1) is 5.82 Å². The van der Waals surface area contributed by atoms with Crippen LogP contribution in [-0.4, -0.2) is 47.9 Å². The smallest absolute Gasteiger partial charge is 0.355 e. The summed E-state index contributed by atoms with van der Waals surface area (Å²) in [7, 11) is 1.42. The molecule has 3 aromatic rings. The third kappa shape index (κ3) is 4.73. The minimum atomic E-state index is -0.659. The van der Waals surface area contributed by atoms with Gasteiger partial charge in [0.15, 0.2) is 6.61 Å². The molecule has 144 valence electrons. The molecule has 28 heavy (non-hydrogen) atoms. The number of aromatic nitrogens is 1. The van der Waals surface area contributed by atoms with Crippen molar-refractivity contribution < 1.29 is 23.5 Å². The second-order valence-electron chi connectivity index (χ2n) is 6.15. The molecule has 0 spiro atoms. The van der Waals surface area contributed by atoms with Crippen molar-refractivity contribution in [3.05, 3.63) is 66.1 Å². The van der Waals surface area contributed by atoms with Gasteiger partial charge in [-0.05, 0) is 36.4 Å². The third-order valence-electron chi connectivity index (χ3n) is 4.01. The fourth-order valence-corrected chi connectivity index (χ4v) is 2.54. The van der Waals surface area contributed by atoms with E-state index in [0.29, 0.717) is 5.69 Å². The summed E-state index contributed by atoms with van der Waals surface area (Å²) < 4.78 is 17.9. The fourth-order valence-electron chi connectivity index (χ4n) is 2.54. The maximum atomic E-state index is 12.9. The predicted octanol–water partition coefficient (Wildman–Crippen LogP) is 2.56. The number of nitrogens with zero attached hydrogens (tertiary/aromatic N) is 1. The van der Waals surface area contributed by atoms with Crippen molar-refractivity contribution in [2.45, 2.75) is 0 Å². The molecule has 0 fully saturated rings. The number of carbonyl (C=O) groups excluding carboxylic acids is 3. The highest BCUT2D eigenvalue weighted by atomic mass is 19.1. The first-order valence-corrected chi connectivity index (χ1v) is 8.46. The summed E-state index contributed by atoms with van der Waals surface area (Å²) >= 11 is 0. The first-order chi connectivity index (χ1) is 13.4. The highest BCUT2D eigenvalue weighted by molar-refractivity contribution is 5.97. The number of fused-ring (bicyclic) bond motifs is 1. The molecule has 0 bridgehead atoms. The van der Waals surface area contributed by atoms with Crippen LogP contribution in [0.3, 0.4) is 0 Å². The van der Waals surface area contributed by atoms with Gasteiger partial charge in [-0.1, -0.05) is 18.2 Å². The van der Waals surface area contributed by atoms with Crippen LogP contribution >= 0.6 is 0 Å². The van der Waals surface area contributed by atoms with E-state index in [9.17, 15) is 18.8 Å². The number of anilines is 1. The molecular weight excluding hydrogens is 365 g/mol. The minimum absolute atomic E-state index is 0.236. The van der Waals surface area contributed by atoms with Crippen LogP contribution < -0.4 is 5.32 Å². The number of H-pyrrole nitrogens is 1. The normalized spacial score (nSPS) is 10.5. The number of para-hydroxylation sites is 1. The van der Waals surface area contributed by atoms with Crippen molar-refractivity contribution in [3.8, 4) is 0 Å². The molecular formula is C20H18FN3O4. The Balaban J connectivity index is 1.48. The van der Waals surface area contributed by atoms with Crippen LogP contribution in [0.1, 0.15) is 10.5 Å². The van der Waals surface area contributed by atoms with Gasteiger partial charge in [0.25, 0.3) is 5.91 Å². The number of amides is 2. The summed E-state index contributed by atoms with van der Waals surface area (Å²) in [4.78, 5) is 40.2. The Morgan fingerprint density at radius 3 is 2.54 bits per heavy atom. The summed E-state index contributed by atoms with van der Waals surface area (Å²) in [6.07, 6.45) is 0. The molecule has 1 heterocycles. The van der Waals surface area contributed by atoms with Gasteiger partial charge in [-0.15, -0.1) is 0 Å². The van der Waals surface area contributed by atoms with Crippen molar-refractivity contribution in [1.82, 2.24) is 9.88 Å². The van der Waals surface area contributed by atoms with Crippen LogP contribution in [0.25, 0.3) is 10.9 Å². The average Bonchev–Trinajstić information content (AvgIpc) is 3.12. The average molecular weight is 383 g/mol. The number of aromatic amines is 1. The summed E-state index contributed by atoms with van der Waals surface area (Å²) in [6.45, 7) is -0.728. The zero-order valence-electron chi connectivity index (χ0n) is 15.1. The number of benzene rings is 2. The van der Waals surface area contributed by atoms with E-state index in [1.165, 1.54) is 31.3 Å². The van der Waals surface area contributed by atoms with Gasteiger partial charge in [-0.3, -0.25) is 9.59 Å². The van der Waals surface area contributed by atoms with E-state index in [2.05, 4.69) is 10.3 Å². The molecule has 7 nitrogen and oxygen atoms in total. The molecule has 2 aromatic carbocycles. The lowest BCUT2D eigenvalue weighted by Crippen LogP contribution is -2.37. The van der Waals surface area contributed by atoms with E-state index < -0.39 is 30.2 Å². The molecule has 2 N–H and O–H groups in total. The molecule has 0 aliphatic rings. The van der Waals surface area contributed by atoms with Gasteiger partial charge in [0.2, 0.25) is 5.91 Å². The van der Waals surface area contributed by atoms with Crippen molar-refractivity contribution in [2.75, 3.05) is 25.5 Å². The highest BCUT2D eigenvalue weighted by Crippen LogP contribution is 2.15. The summed E-state index contributed by atoms with van der Waals surface area (Å²) in [5.41, 5.74) is 1.44. The Kier molecular flexibility index (Phi) is 5.69. The quantitative estimate of drug-likeness (QED) is 0.640. The number of ether oxygens (including phenoxy) is 1. The number of hydrogen-bond donors (Lipinski definition) is 2. The lowest BCUT2D eigenvalue weighted by Gasteiger charge is -2.16. The largest absolute Gasteiger partial charge is 0.451 e. The zero-order valence-corrected chi connectivity index (χ0v) is 15.1. The van der Waals surface area contributed by atoms with Crippen LogP contribution in [0.5, 0.6) is 0 Å². The lowest BCUT2D eigenvalue weighted by molar-refractivity contribution is -0.136. The molecule has 0 radical (unpaired) electrons. The summed E-state index contributed by atoms with van der Waals surface area (Å²) in [6, 6.07) is 14.3. The van der Waals surface area contributed by atoms with Gasteiger partial charge < -0.3 is 19.9 Å². The number of esters is 1. The third-order valence-corrected chi connectivity index (χ3v) is 4.01. The van der Waals surface area contributed by atoms with Crippen LogP contribution in [0.2, 0.25) is 0 Å². The Morgan fingerprint density at radius 2 is 1.82 bits per heavy atom. The van der Waals surface area contributed by atoms with Gasteiger partial charge >= 0.3 is 5.97 Å². The lowest BCUT2D eigenvalue weighted by atomic mass is 10.2. The minimum Gasteiger partial charge on any atom is -0.451 e. The van der Waals surface area contributed by atoms with Crippen LogP contribution in [0.4, 0.5) is 10.1 Å². The molecule has 0 atom stereocenters. The second-order valence-corrected chi connectivity index (χ2v) is 6.15. The first-order valence-electron chi connectivity index (χ1n) is 8.46. The topological polar surface area (TPSA) is 91.5 Å². The van der Waals surface area contributed by atoms with Crippen molar-refractivity contribution >= 4 is 34.4 Å². The van der Waals surface area contributed by atoms with Gasteiger partial charge in [-0.25, -0.2) is 9.18 Å². The molecule has 2 amide bonds. The number of carbonyl (C=O) groups is 3. The summed E-state index contributed by atoms with van der Waals surface area (Å²) in [5, 5.41) is 3.41. The van der Waals surface area contributed by atoms with Gasteiger partial charge in [0, 0.05) is 23.6 Å². The monoisotopic (exact) mass is 383 g/mol. The van der Waals surface area contributed by atoms with E-state index in [1.54, 1.807) is 6.07 Å². The van der Waals surface area contributed by atoms with Crippen molar-refractivity contribution in [1.29, 1.82) is 0 Å². The van der Waals surface area contributed by atoms with E-state index in [1.807, 2.05) is 24.3 Å². The maximum Gasteiger partial charge on any atom is 0.355 e. The molecule has 3 rings (SSSR count). The number of halogens is 1. The number of rotatable bonds is 6. The van der Waals surface area contributed by atoms with E-state index in [0.717, 1.165) is 15.8 Å². The first kappa shape index (κ1) is 19.1. The number of likely N-dealkylation sites (N-methyl/N-ethyl adjacent to an activating group) is 1. The van der Waals surface area contributed by atoms with E-state index in [4.69, 9.17) is 4.74 Å². The fraction of sp³-hybridized carbons (Fsp3) is 0.150. The van der Waals surface area contributed by atoms with E-state index in [-0.39, 0.29) is 12.2 Å². The standard InChI is InChI=1S/C20H18FN3O4/c1-24(11-18(25)22-15-8-6-14(21)7-9-15)19(26)12-28-20(27)17-10-13-4-2-3-5-16(13)23-17/h2-10,23H,11-12H2,1H3,(H,22,25). The van der Waals surface area contributed by atoms with Crippen LogP contribution in [-0.2, 0) is 14.3 Å². The molecule has 0 aliphatic heterocycles. The molecule has 0 unspecified atom stereocenters. The van der Waals surface area contributed by atoms with Gasteiger partial charge in [-0.2, -0.15) is 0 Å². The number of nitrogens with one attached hydrogen (secondary N) is 2. The second kappa shape index (κ2) is 8.34. The summed E-state index contributed by atoms with van der Waals surface area (Å²) in [5.74, 6) is -2.06. The Bertz CT molecular complexity index is 981. The van der Waals surface area contributed by atoms with Crippen molar-refractivity contribution in [2.24, 2.45) is 0 Å². The maximum absolute atomic E-state index is 12.9. The Labute approximate surface area is 160 Å². The predicted molar refractivity (Wildman–Crippen MR) is 101 cm³/mol. The molecule has 8 heteroatoms. The van der Waals surface area contributed by atoms with Gasteiger partial charge in [0.05, 0.1) is 6.54 Å². The highest BCUT2D eigenvalue weighted by Gasteiger charge is 2.17. The van der Waals surface area contributed by atoms with Gasteiger partial charge in [0.1, 0.15) is 11.5 Å². The van der Waals surface area contributed by atoms with E-state index >= 15 is 0 Å². The molecule has 1 aromatic heterocycles. The SMILES string of the molecule is CN(CC(=O)Nc1ccc(F)cc1)C(=O)COC(=O)c1cc2ccccc2[nH]1. The molecule has 0 saturated heterocycles. The van der Waals surface area contributed by atoms with Crippen LogP contribution in [0.15, 0.2) is 54.6 Å². The number of hydrogen-bond acceptors (Lipinski definition) is 4. The molecule has 0 saturated carbocycles. The zero-order chi connectivity index (χ0) is 20.1. The van der Waals surface area contributed by atoms with Crippen molar-refractivity contribution in [3.63, 3.8) is 0 Å². The Hall–Kier alpha value is -3.68. The Morgan fingerprint density at radius 1 is 1.11 bits per heavy atom.